The number of H-pyrrole nitrogens is 3. The van der Waals surface area contributed by atoms with Crippen molar-refractivity contribution in [1.29, 1.82) is 0 Å². The second-order valence-electron chi connectivity index (χ2n) is 6.02. The van der Waals surface area contributed by atoms with Gasteiger partial charge in [-0.05, 0) is 37.0 Å². The Morgan fingerprint density at radius 2 is 2.12 bits per heavy atom. The van der Waals surface area contributed by atoms with Gasteiger partial charge in [0.05, 0.1) is 11.0 Å². The number of amides is 1. The smallest absolute Gasteiger partial charge is 0.323 e. The Labute approximate surface area is 143 Å². The molecule has 2 heterocycles. The van der Waals surface area contributed by atoms with Crippen LogP contribution in [0.5, 0.6) is 0 Å². The van der Waals surface area contributed by atoms with Gasteiger partial charge in [-0.3, -0.25) is 4.79 Å². The zero-order chi connectivity index (χ0) is 17.6. The standard InChI is InChI=1S/C16H21N7O2/c1-2-11(9-14-20-22-23-21-14)17-15(24)5-3-4-10-6-7-12-13(8-10)19-16(25)18-12/h6-8,11H,2-5,9H2,1H3,(H,17,24)(H2,18,19,25)(H,20,21,22,23). The predicted octanol–water partition coefficient (Wildman–Crippen LogP) is 0.829. The molecule has 1 atom stereocenters. The summed E-state index contributed by atoms with van der Waals surface area (Å²) in [6.45, 7) is 2.01. The van der Waals surface area contributed by atoms with Crippen molar-refractivity contribution in [3.05, 3.63) is 40.1 Å². The van der Waals surface area contributed by atoms with E-state index in [1.54, 1.807) is 0 Å². The fraction of sp³-hybridized carbons (Fsp3) is 0.438. The number of hydrogen-bond acceptors (Lipinski definition) is 5. The number of aryl methyl sites for hydroxylation is 1. The van der Waals surface area contributed by atoms with E-state index in [-0.39, 0.29) is 17.6 Å². The Balaban J connectivity index is 1.46. The van der Waals surface area contributed by atoms with Gasteiger partial charge in [-0.1, -0.05) is 18.2 Å². The summed E-state index contributed by atoms with van der Waals surface area (Å²) in [7, 11) is 0. The van der Waals surface area contributed by atoms with E-state index in [0.29, 0.717) is 18.7 Å². The average Bonchev–Trinajstić information content (AvgIpc) is 3.22. The highest BCUT2D eigenvalue weighted by atomic mass is 16.1. The molecule has 1 amide bonds. The third-order valence-electron chi connectivity index (χ3n) is 4.13. The highest BCUT2D eigenvalue weighted by Gasteiger charge is 2.13. The number of nitrogens with one attached hydrogen (secondary N) is 4. The van der Waals surface area contributed by atoms with E-state index in [4.69, 9.17) is 0 Å². The van der Waals surface area contributed by atoms with Gasteiger partial charge < -0.3 is 15.3 Å². The van der Waals surface area contributed by atoms with E-state index >= 15 is 0 Å². The minimum Gasteiger partial charge on any atom is -0.353 e. The second kappa shape index (κ2) is 7.73. The Morgan fingerprint density at radius 3 is 2.88 bits per heavy atom. The van der Waals surface area contributed by atoms with E-state index in [1.165, 1.54) is 0 Å². The molecule has 0 bridgehead atoms. The number of rotatable bonds is 8. The first kappa shape index (κ1) is 16.9. The lowest BCUT2D eigenvalue weighted by molar-refractivity contribution is -0.121. The second-order valence-corrected chi connectivity index (χ2v) is 6.02. The summed E-state index contributed by atoms with van der Waals surface area (Å²) in [6.07, 6.45) is 3.33. The highest BCUT2D eigenvalue weighted by molar-refractivity contribution is 5.76. The molecule has 0 aliphatic rings. The van der Waals surface area contributed by atoms with Gasteiger partial charge in [0.25, 0.3) is 0 Å². The molecule has 0 radical (unpaired) electrons. The Morgan fingerprint density at radius 1 is 1.28 bits per heavy atom. The first-order chi connectivity index (χ1) is 12.1. The minimum absolute atomic E-state index is 0.00591. The summed E-state index contributed by atoms with van der Waals surface area (Å²) >= 11 is 0. The third kappa shape index (κ3) is 4.52. The lowest BCUT2D eigenvalue weighted by Crippen LogP contribution is -2.36. The number of aromatic amines is 3. The van der Waals surface area contributed by atoms with Crippen molar-refractivity contribution in [2.24, 2.45) is 0 Å². The molecule has 0 spiro atoms. The summed E-state index contributed by atoms with van der Waals surface area (Å²) in [6, 6.07) is 5.79. The Kier molecular flexibility index (Phi) is 5.22. The number of benzene rings is 1. The van der Waals surface area contributed by atoms with Crippen molar-refractivity contribution < 1.29 is 4.79 Å². The number of fused-ring (bicyclic) bond motifs is 1. The summed E-state index contributed by atoms with van der Waals surface area (Å²) in [5.74, 6) is 0.618. The quantitative estimate of drug-likeness (QED) is 0.481. The molecule has 1 aromatic carbocycles. The first-order valence-electron chi connectivity index (χ1n) is 8.36. The maximum Gasteiger partial charge on any atom is 0.323 e. The molecule has 132 valence electrons. The van der Waals surface area contributed by atoms with Crippen LogP contribution in [0.1, 0.15) is 37.6 Å². The predicted molar refractivity (Wildman–Crippen MR) is 92.0 cm³/mol. The van der Waals surface area contributed by atoms with E-state index < -0.39 is 0 Å². The minimum atomic E-state index is -0.210. The molecule has 2 aromatic heterocycles. The zero-order valence-corrected chi connectivity index (χ0v) is 14.0. The van der Waals surface area contributed by atoms with Crippen LogP contribution in [-0.4, -0.2) is 42.5 Å². The molecule has 0 aliphatic carbocycles. The maximum atomic E-state index is 12.1. The number of nitrogens with zero attached hydrogens (tertiary/aromatic N) is 3. The number of tetrazole rings is 1. The van der Waals surface area contributed by atoms with Crippen LogP contribution < -0.4 is 11.0 Å². The fourth-order valence-corrected chi connectivity index (χ4v) is 2.77. The molecule has 0 saturated carbocycles. The molecule has 25 heavy (non-hydrogen) atoms. The van der Waals surface area contributed by atoms with Crippen molar-refractivity contribution in [3.8, 4) is 0 Å². The monoisotopic (exact) mass is 343 g/mol. The van der Waals surface area contributed by atoms with Gasteiger partial charge in [0, 0.05) is 18.9 Å². The SMILES string of the molecule is CCC(Cc1nn[nH]n1)NC(=O)CCCc1ccc2[nH]c(=O)[nH]c2c1. The first-order valence-corrected chi connectivity index (χ1v) is 8.36. The number of hydrogen-bond donors (Lipinski definition) is 4. The van der Waals surface area contributed by atoms with Crippen LogP contribution in [0.3, 0.4) is 0 Å². The van der Waals surface area contributed by atoms with Gasteiger partial charge in [-0.25, -0.2) is 4.79 Å². The van der Waals surface area contributed by atoms with E-state index in [9.17, 15) is 9.59 Å². The summed E-state index contributed by atoms with van der Waals surface area (Å²) < 4.78 is 0. The van der Waals surface area contributed by atoms with Crippen LogP contribution in [0, 0.1) is 0 Å². The van der Waals surface area contributed by atoms with Crippen molar-refractivity contribution in [3.63, 3.8) is 0 Å². The van der Waals surface area contributed by atoms with E-state index in [0.717, 1.165) is 35.9 Å². The summed E-state index contributed by atoms with van der Waals surface area (Å²) in [5.41, 5.74) is 2.46. The molecule has 3 aromatic rings. The van der Waals surface area contributed by atoms with Crippen molar-refractivity contribution in [2.45, 2.75) is 45.1 Å². The average molecular weight is 343 g/mol. The third-order valence-corrected chi connectivity index (χ3v) is 4.13. The van der Waals surface area contributed by atoms with Gasteiger partial charge in [0.15, 0.2) is 5.82 Å². The van der Waals surface area contributed by atoms with Crippen LogP contribution >= 0.6 is 0 Å². The van der Waals surface area contributed by atoms with Crippen molar-refractivity contribution in [1.82, 2.24) is 35.9 Å². The molecular weight excluding hydrogens is 322 g/mol. The number of imidazole rings is 1. The van der Waals surface area contributed by atoms with Crippen LogP contribution in [0.15, 0.2) is 23.0 Å². The molecule has 4 N–H and O–H groups in total. The van der Waals surface area contributed by atoms with Crippen molar-refractivity contribution in [2.75, 3.05) is 0 Å². The molecule has 9 nitrogen and oxygen atoms in total. The Bertz CT molecular complexity index is 881. The highest BCUT2D eigenvalue weighted by Crippen LogP contribution is 2.12. The number of carbonyl (C=O) groups excluding carboxylic acids is 1. The fourth-order valence-electron chi connectivity index (χ4n) is 2.77. The lowest BCUT2D eigenvalue weighted by Gasteiger charge is -2.15. The zero-order valence-electron chi connectivity index (χ0n) is 14.0. The van der Waals surface area contributed by atoms with Crippen LogP contribution in [0.2, 0.25) is 0 Å². The van der Waals surface area contributed by atoms with Crippen molar-refractivity contribution >= 4 is 16.9 Å². The van der Waals surface area contributed by atoms with Gasteiger partial charge >= 0.3 is 5.69 Å². The number of carbonyl (C=O) groups is 1. The molecule has 0 saturated heterocycles. The van der Waals surface area contributed by atoms with Crippen LogP contribution in [0.4, 0.5) is 0 Å². The largest absolute Gasteiger partial charge is 0.353 e. The van der Waals surface area contributed by atoms with E-state index in [1.807, 2.05) is 25.1 Å². The normalized spacial score (nSPS) is 12.4. The van der Waals surface area contributed by atoms with Crippen LogP contribution in [-0.2, 0) is 17.6 Å². The van der Waals surface area contributed by atoms with Gasteiger partial charge in [0.2, 0.25) is 5.91 Å². The lowest BCUT2D eigenvalue weighted by atomic mass is 10.1. The Hall–Kier alpha value is -2.97. The molecule has 9 heteroatoms. The van der Waals surface area contributed by atoms with E-state index in [2.05, 4.69) is 35.9 Å². The molecule has 0 fully saturated rings. The molecule has 0 aliphatic heterocycles. The maximum absolute atomic E-state index is 12.1. The molecule has 1 unspecified atom stereocenters. The summed E-state index contributed by atoms with van der Waals surface area (Å²) in [5, 5.41) is 16.8. The summed E-state index contributed by atoms with van der Waals surface area (Å²) in [4.78, 5) is 28.8. The van der Waals surface area contributed by atoms with Gasteiger partial charge in [-0.2, -0.15) is 5.21 Å². The number of aromatic nitrogens is 6. The molecular formula is C16H21N7O2. The molecule has 3 rings (SSSR count). The topological polar surface area (TPSA) is 132 Å². The van der Waals surface area contributed by atoms with Gasteiger partial charge in [-0.15, -0.1) is 10.2 Å². The van der Waals surface area contributed by atoms with Crippen LogP contribution in [0.25, 0.3) is 11.0 Å². The van der Waals surface area contributed by atoms with Gasteiger partial charge in [0.1, 0.15) is 0 Å².